The standard InChI is InChI=1S/C70H43N/c1-4-18-47-39-50(32-29-44(47)15-1)67-56-22-7-9-24-58(56)69(59-25-10-8-23-57(59)67)53-35-38-66-63(42-53)55-21-13-14-28-65(55)71(66)54-36-37-62-64(43-54)70(52-34-31-46-17-3-6-20-49(46)41-52)61-27-12-11-26-60(61)68(62)51-33-30-45-16-2-5-19-48(45)40-51/h1-43H. The number of rotatable bonds is 5. The smallest absolute Gasteiger partial charge is 0.0541 e. The second-order valence-electron chi connectivity index (χ2n) is 19.1. The first-order chi connectivity index (χ1) is 35.2. The van der Waals surface area contributed by atoms with Crippen molar-refractivity contribution in [2.45, 2.75) is 0 Å². The first-order valence-corrected chi connectivity index (χ1v) is 24.7. The number of para-hydroxylation sites is 1. The van der Waals surface area contributed by atoms with Crippen molar-refractivity contribution in [3.63, 3.8) is 0 Å². The van der Waals surface area contributed by atoms with Crippen LogP contribution in [0.5, 0.6) is 0 Å². The van der Waals surface area contributed by atoms with Crippen LogP contribution in [0.25, 0.3) is 147 Å². The number of benzene rings is 14. The lowest BCUT2D eigenvalue weighted by molar-refractivity contribution is 1.19. The third-order valence-corrected chi connectivity index (χ3v) is 15.3. The fraction of sp³-hybridized carbons (Fsp3) is 0. The van der Waals surface area contributed by atoms with E-state index in [-0.39, 0.29) is 0 Å². The molecule has 15 rings (SSSR count). The molecule has 0 saturated heterocycles. The van der Waals surface area contributed by atoms with Gasteiger partial charge >= 0.3 is 0 Å². The number of aromatic nitrogens is 1. The predicted octanol–water partition coefficient (Wildman–Crippen LogP) is 19.5. The second-order valence-corrected chi connectivity index (χ2v) is 19.1. The van der Waals surface area contributed by atoms with Gasteiger partial charge in [0.25, 0.3) is 0 Å². The lowest BCUT2D eigenvalue weighted by atomic mass is 9.85. The second kappa shape index (κ2) is 15.6. The van der Waals surface area contributed by atoms with E-state index in [9.17, 15) is 0 Å². The molecule has 0 fully saturated rings. The summed E-state index contributed by atoms with van der Waals surface area (Å²) in [5.74, 6) is 0. The van der Waals surface area contributed by atoms with Crippen molar-refractivity contribution in [1.82, 2.24) is 4.57 Å². The third-order valence-electron chi connectivity index (χ3n) is 15.3. The summed E-state index contributed by atoms with van der Waals surface area (Å²) in [5.41, 5.74) is 13.4. The van der Waals surface area contributed by atoms with Gasteiger partial charge in [0.15, 0.2) is 0 Å². The van der Waals surface area contributed by atoms with Crippen molar-refractivity contribution < 1.29 is 0 Å². The van der Waals surface area contributed by atoms with Crippen molar-refractivity contribution in [2.75, 3.05) is 0 Å². The molecule has 1 heterocycles. The Balaban J connectivity index is 0.980. The summed E-state index contributed by atoms with van der Waals surface area (Å²) in [6.45, 7) is 0. The van der Waals surface area contributed by atoms with Crippen LogP contribution in [0, 0.1) is 0 Å². The highest BCUT2D eigenvalue weighted by Crippen LogP contribution is 2.48. The molecule has 0 N–H and O–H groups in total. The molecule has 0 atom stereocenters. The third kappa shape index (κ3) is 6.13. The van der Waals surface area contributed by atoms with Gasteiger partial charge in [0.2, 0.25) is 0 Å². The van der Waals surface area contributed by atoms with Gasteiger partial charge in [-0.3, -0.25) is 0 Å². The number of fused-ring (bicyclic) bond motifs is 10. The minimum atomic E-state index is 1.13. The molecule has 0 radical (unpaired) electrons. The van der Waals surface area contributed by atoms with Crippen molar-refractivity contribution in [3.05, 3.63) is 261 Å². The van der Waals surface area contributed by atoms with Crippen LogP contribution in [0.1, 0.15) is 0 Å². The molecule has 1 nitrogen and oxygen atoms in total. The molecule has 15 aromatic rings. The topological polar surface area (TPSA) is 4.93 Å². The SMILES string of the molecule is c1ccc2cc(-c3c4ccccc4c(-c4ccc5c(c4)c4ccccc4n5-c4ccc5c(-c6ccc7ccccc7c6)c6ccccc6c(-c6ccc7ccccc7c6)c5c4)c4ccccc34)ccc2c1. The fourth-order valence-corrected chi connectivity index (χ4v) is 12.1. The highest BCUT2D eigenvalue weighted by atomic mass is 15.0. The minimum Gasteiger partial charge on any atom is -0.309 e. The van der Waals surface area contributed by atoms with Gasteiger partial charge in [-0.2, -0.15) is 0 Å². The van der Waals surface area contributed by atoms with Crippen molar-refractivity contribution in [2.24, 2.45) is 0 Å². The van der Waals surface area contributed by atoms with Crippen LogP contribution in [0.15, 0.2) is 261 Å². The molecule has 0 aliphatic carbocycles. The molecule has 0 unspecified atom stereocenters. The van der Waals surface area contributed by atoms with Crippen LogP contribution in [-0.4, -0.2) is 4.57 Å². The van der Waals surface area contributed by atoms with Gasteiger partial charge in [0, 0.05) is 16.5 Å². The summed E-state index contributed by atoms with van der Waals surface area (Å²) in [6.07, 6.45) is 0. The Hall–Kier alpha value is -9.30. The summed E-state index contributed by atoms with van der Waals surface area (Å²) in [7, 11) is 0. The molecular formula is C70H43N. The maximum atomic E-state index is 2.49. The van der Waals surface area contributed by atoms with Gasteiger partial charge in [0.05, 0.1) is 11.0 Å². The highest BCUT2D eigenvalue weighted by Gasteiger charge is 2.22. The average Bonchev–Trinajstić information content (AvgIpc) is 3.77. The van der Waals surface area contributed by atoms with Gasteiger partial charge in [-0.05, 0) is 168 Å². The van der Waals surface area contributed by atoms with E-state index in [2.05, 4.69) is 265 Å². The molecule has 1 heteroatoms. The molecule has 0 spiro atoms. The quantitative estimate of drug-likeness (QED) is 0.152. The molecule has 71 heavy (non-hydrogen) atoms. The summed E-state index contributed by atoms with van der Waals surface area (Å²) in [4.78, 5) is 0. The average molecular weight is 898 g/mol. The summed E-state index contributed by atoms with van der Waals surface area (Å²) in [5, 5.41) is 19.9. The molecule has 0 aliphatic heterocycles. The Bertz CT molecular complexity index is 4650. The zero-order valence-electron chi connectivity index (χ0n) is 38.8. The molecule has 328 valence electrons. The Morgan fingerprint density at radius 2 is 0.507 bits per heavy atom. The zero-order valence-corrected chi connectivity index (χ0v) is 38.8. The minimum absolute atomic E-state index is 1.13. The van der Waals surface area contributed by atoms with Crippen LogP contribution in [0.2, 0.25) is 0 Å². The Kier molecular flexibility index (Phi) is 8.73. The molecule has 0 saturated carbocycles. The monoisotopic (exact) mass is 897 g/mol. The first kappa shape index (κ1) is 39.7. The summed E-state index contributed by atoms with van der Waals surface area (Å²) in [6, 6.07) is 97.2. The van der Waals surface area contributed by atoms with E-state index < -0.39 is 0 Å². The van der Waals surface area contributed by atoms with Gasteiger partial charge in [-0.1, -0.05) is 212 Å². The molecule has 0 amide bonds. The van der Waals surface area contributed by atoms with Gasteiger partial charge in [-0.25, -0.2) is 0 Å². The predicted molar refractivity (Wildman–Crippen MR) is 305 cm³/mol. The van der Waals surface area contributed by atoms with Crippen molar-refractivity contribution in [1.29, 1.82) is 0 Å². The number of hydrogen-bond donors (Lipinski definition) is 0. The van der Waals surface area contributed by atoms with Crippen LogP contribution < -0.4 is 0 Å². The Morgan fingerprint density at radius 1 is 0.183 bits per heavy atom. The number of hydrogen-bond acceptors (Lipinski definition) is 0. The van der Waals surface area contributed by atoms with Crippen LogP contribution >= 0.6 is 0 Å². The zero-order chi connectivity index (χ0) is 46.6. The van der Waals surface area contributed by atoms with E-state index in [1.165, 1.54) is 142 Å². The molecule has 0 bridgehead atoms. The van der Waals surface area contributed by atoms with E-state index in [1.807, 2.05) is 0 Å². The van der Waals surface area contributed by atoms with Crippen LogP contribution in [-0.2, 0) is 0 Å². The lowest BCUT2D eigenvalue weighted by Crippen LogP contribution is -1.96. The van der Waals surface area contributed by atoms with E-state index >= 15 is 0 Å². The maximum absolute atomic E-state index is 2.49. The molecule has 14 aromatic carbocycles. The van der Waals surface area contributed by atoms with Gasteiger partial charge < -0.3 is 4.57 Å². The van der Waals surface area contributed by atoms with E-state index in [4.69, 9.17) is 0 Å². The normalized spacial score (nSPS) is 11.9. The van der Waals surface area contributed by atoms with Gasteiger partial charge in [-0.15, -0.1) is 0 Å². The van der Waals surface area contributed by atoms with Crippen LogP contribution in [0.4, 0.5) is 0 Å². The van der Waals surface area contributed by atoms with E-state index in [0.717, 1.165) is 5.69 Å². The first-order valence-electron chi connectivity index (χ1n) is 24.7. The summed E-state index contributed by atoms with van der Waals surface area (Å²) < 4.78 is 2.49. The molecule has 0 aliphatic rings. The van der Waals surface area contributed by atoms with Gasteiger partial charge in [0.1, 0.15) is 0 Å². The molecular weight excluding hydrogens is 855 g/mol. The largest absolute Gasteiger partial charge is 0.309 e. The van der Waals surface area contributed by atoms with Crippen LogP contribution in [0.3, 0.4) is 0 Å². The highest BCUT2D eigenvalue weighted by molar-refractivity contribution is 6.24. The Morgan fingerprint density at radius 3 is 0.958 bits per heavy atom. The lowest BCUT2D eigenvalue weighted by Gasteiger charge is -2.20. The fourth-order valence-electron chi connectivity index (χ4n) is 12.1. The van der Waals surface area contributed by atoms with E-state index in [0.29, 0.717) is 0 Å². The van der Waals surface area contributed by atoms with E-state index in [1.54, 1.807) is 0 Å². The summed E-state index contributed by atoms with van der Waals surface area (Å²) >= 11 is 0. The molecule has 1 aromatic heterocycles. The maximum Gasteiger partial charge on any atom is 0.0541 e. The Labute approximate surface area is 410 Å². The number of nitrogens with zero attached hydrogens (tertiary/aromatic N) is 1. The van der Waals surface area contributed by atoms with Crippen molar-refractivity contribution >= 4 is 97.2 Å². The van der Waals surface area contributed by atoms with Crippen molar-refractivity contribution in [3.8, 4) is 50.2 Å².